The summed E-state index contributed by atoms with van der Waals surface area (Å²) >= 11 is 3.50. The van der Waals surface area contributed by atoms with Crippen LogP contribution in [0.25, 0.3) is 0 Å². The quantitative estimate of drug-likeness (QED) is 0.917. The van der Waals surface area contributed by atoms with Gasteiger partial charge in [-0.1, -0.05) is 22.0 Å². The van der Waals surface area contributed by atoms with Crippen molar-refractivity contribution in [2.24, 2.45) is 0 Å². The van der Waals surface area contributed by atoms with Gasteiger partial charge in [0.2, 0.25) is 0 Å². The van der Waals surface area contributed by atoms with Crippen molar-refractivity contribution in [3.63, 3.8) is 0 Å². The molecular formula is C15H21BrN2O2. The van der Waals surface area contributed by atoms with E-state index in [1.807, 2.05) is 20.8 Å². The average molecular weight is 341 g/mol. The summed E-state index contributed by atoms with van der Waals surface area (Å²) in [6, 6.07) is 6.36. The fourth-order valence-corrected chi connectivity index (χ4v) is 2.61. The number of ether oxygens (including phenoxy) is 1. The maximum Gasteiger partial charge on any atom is 0.407 e. The maximum absolute atomic E-state index is 11.6. The molecule has 5 heteroatoms. The predicted molar refractivity (Wildman–Crippen MR) is 84.3 cm³/mol. The molecule has 0 aliphatic carbocycles. The minimum absolute atomic E-state index is 0.355. The van der Waals surface area contributed by atoms with Crippen LogP contribution in [0.2, 0.25) is 0 Å². The Kier molecular flexibility index (Phi) is 4.58. The molecule has 1 aliphatic heterocycles. The minimum Gasteiger partial charge on any atom is -0.444 e. The van der Waals surface area contributed by atoms with Crippen molar-refractivity contribution >= 4 is 27.7 Å². The van der Waals surface area contributed by atoms with Crippen molar-refractivity contribution in [3.8, 4) is 0 Å². The molecule has 110 valence electrons. The van der Waals surface area contributed by atoms with Crippen LogP contribution in [0, 0.1) is 0 Å². The highest BCUT2D eigenvalue weighted by Gasteiger charge is 2.20. The van der Waals surface area contributed by atoms with E-state index in [1.165, 1.54) is 11.3 Å². The SMILES string of the molecule is CC(C)(C)OC(=O)NCCN1CCc2ccc(Br)cc21. The number of carbonyl (C=O) groups is 1. The fraction of sp³-hybridized carbons (Fsp3) is 0.533. The number of fused-ring (bicyclic) bond motifs is 1. The molecule has 0 radical (unpaired) electrons. The van der Waals surface area contributed by atoms with Gasteiger partial charge >= 0.3 is 6.09 Å². The van der Waals surface area contributed by atoms with E-state index in [9.17, 15) is 4.79 Å². The molecule has 1 heterocycles. The highest BCUT2D eigenvalue weighted by molar-refractivity contribution is 9.10. The predicted octanol–water partition coefficient (Wildman–Crippen LogP) is 3.34. The summed E-state index contributed by atoms with van der Waals surface area (Å²) < 4.78 is 6.30. The minimum atomic E-state index is -0.449. The zero-order valence-corrected chi connectivity index (χ0v) is 13.8. The van der Waals surface area contributed by atoms with Gasteiger partial charge in [-0.3, -0.25) is 0 Å². The van der Waals surface area contributed by atoms with Crippen molar-refractivity contribution in [2.75, 3.05) is 24.5 Å². The number of amides is 1. The zero-order chi connectivity index (χ0) is 14.8. The van der Waals surface area contributed by atoms with Crippen molar-refractivity contribution in [3.05, 3.63) is 28.2 Å². The number of nitrogens with zero attached hydrogens (tertiary/aromatic N) is 1. The molecule has 0 saturated heterocycles. The topological polar surface area (TPSA) is 41.6 Å². The summed E-state index contributed by atoms with van der Waals surface area (Å²) in [5, 5.41) is 2.80. The summed E-state index contributed by atoms with van der Waals surface area (Å²) in [5.74, 6) is 0. The number of anilines is 1. The first-order valence-electron chi connectivity index (χ1n) is 6.85. The molecule has 1 aliphatic rings. The number of halogens is 1. The van der Waals surface area contributed by atoms with Gasteiger partial charge in [0.15, 0.2) is 0 Å². The third-order valence-corrected chi connectivity index (χ3v) is 3.58. The van der Waals surface area contributed by atoms with Gasteiger partial charge in [-0.25, -0.2) is 4.79 Å². The van der Waals surface area contributed by atoms with Crippen LogP contribution in [-0.2, 0) is 11.2 Å². The Morgan fingerprint density at radius 1 is 1.45 bits per heavy atom. The Bertz CT molecular complexity index is 497. The molecule has 0 spiro atoms. The average Bonchev–Trinajstić information content (AvgIpc) is 2.69. The lowest BCUT2D eigenvalue weighted by Gasteiger charge is -2.22. The van der Waals surface area contributed by atoms with Gasteiger partial charge in [-0.15, -0.1) is 0 Å². The van der Waals surface area contributed by atoms with Crippen molar-refractivity contribution < 1.29 is 9.53 Å². The number of carbonyl (C=O) groups excluding carboxylic acids is 1. The van der Waals surface area contributed by atoms with Crippen LogP contribution < -0.4 is 10.2 Å². The van der Waals surface area contributed by atoms with Gasteiger partial charge in [-0.2, -0.15) is 0 Å². The number of benzene rings is 1. The van der Waals surface area contributed by atoms with Crippen LogP contribution in [-0.4, -0.2) is 31.3 Å². The summed E-state index contributed by atoms with van der Waals surface area (Å²) in [5.41, 5.74) is 2.17. The summed E-state index contributed by atoms with van der Waals surface area (Å²) in [7, 11) is 0. The van der Waals surface area contributed by atoms with Crippen LogP contribution in [0.15, 0.2) is 22.7 Å². The van der Waals surface area contributed by atoms with E-state index in [4.69, 9.17) is 4.74 Å². The Morgan fingerprint density at radius 3 is 2.90 bits per heavy atom. The van der Waals surface area contributed by atoms with Gasteiger partial charge in [0.1, 0.15) is 5.60 Å². The number of hydrogen-bond donors (Lipinski definition) is 1. The van der Waals surface area contributed by atoms with Crippen LogP contribution >= 0.6 is 15.9 Å². The third-order valence-electron chi connectivity index (χ3n) is 3.09. The third kappa shape index (κ3) is 4.13. The Hall–Kier alpha value is -1.23. The summed E-state index contributed by atoms with van der Waals surface area (Å²) in [4.78, 5) is 13.9. The lowest BCUT2D eigenvalue weighted by Crippen LogP contribution is -2.37. The molecule has 0 fully saturated rings. The lowest BCUT2D eigenvalue weighted by atomic mass is 10.2. The number of alkyl carbamates (subject to hydrolysis) is 1. The number of hydrogen-bond acceptors (Lipinski definition) is 3. The Balaban J connectivity index is 1.82. The molecule has 1 amide bonds. The molecule has 0 atom stereocenters. The standard InChI is InChI=1S/C15H21BrN2O2/c1-15(2,3)20-14(19)17-7-9-18-8-6-11-4-5-12(16)10-13(11)18/h4-5,10H,6-9H2,1-3H3,(H,17,19). The van der Waals surface area contributed by atoms with Gasteiger partial charge in [0, 0.05) is 29.8 Å². The fourth-order valence-electron chi connectivity index (χ4n) is 2.26. The molecule has 0 saturated carbocycles. The molecule has 1 N–H and O–H groups in total. The van der Waals surface area contributed by atoms with E-state index in [1.54, 1.807) is 0 Å². The van der Waals surface area contributed by atoms with Crippen LogP contribution in [0.4, 0.5) is 10.5 Å². The molecule has 4 nitrogen and oxygen atoms in total. The number of nitrogens with one attached hydrogen (secondary N) is 1. The van der Waals surface area contributed by atoms with E-state index in [0.29, 0.717) is 6.54 Å². The highest BCUT2D eigenvalue weighted by atomic mass is 79.9. The van der Waals surface area contributed by atoms with Gasteiger partial charge in [0.05, 0.1) is 0 Å². The first-order valence-corrected chi connectivity index (χ1v) is 7.65. The zero-order valence-electron chi connectivity index (χ0n) is 12.2. The first kappa shape index (κ1) is 15.2. The van der Waals surface area contributed by atoms with Crippen LogP contribution in [0.1, 0.15) is 26.3 Å². The molecule has 1 aromatic carbocycles. The first-order chi connectivity index (χ1) is 9.35. The molecule has 20 heavy (non-hydrogen) atoms. The Labute approximate surface area is 128 Å². The molecule has 0 bridgehead atoms. The molecular weight excluding hydrogens is 320 g/mol. The monoisotopic (exact) mass is 340 g/mol. The summed E-state index contributed by atoms with van der Waals surface area (Å²) in [6.45, 7) is 7.97. The summed E-state index contributed by atoms with van der Waals surface area (Å²) in [6.07, 6.45) is 0.709. The van der Waals surface area contributed by atoms with E-state index in [2.05, 4.69) is 44.3 Å². The Morgan fingerprint density at radius 2 is 2.20 bits per heavy atom. The van der Waals surface area contributed by atoms with Crippen molar-refractivity contribution in [1.29, 1.82) is 0 Å². The lowest BCUT2D eigenvalue weighted by molar-refractivity contribution is 0.0529. The highest BCUT2D eigenvalue weighted by Crippen LogP contribution is 2.30. The molecule has 0 unspecified atom stereocenters. The van der Waals surface area contributed by atoms with Gasteiger partial charge in [-0.05, 0) is 44.9 Å². The molecule has 1 aromatic rings. The largest absolute Gasteiger partial charge is 0.444 e. The van der Waals surface area contributed by atoms with Crippen molar-refractivity contribution in [1.82, 2.24) is 5.32 Å². The van der Waals surface area contributed by atoms with E-state index in [0.717, 1.165) is 24.0 Å². The molecule has 2 rings (SSSR count). The maximum atomic E-state index is 11.6. The second kappa shape index (κ2) is 6.04. The van der Waals surface area contributed by atoms with Crippen LogP contribution in [0.3, 0.4) is 0 Å². The number of rotatable bonds is 3. The smallest absolute Gasteiger partial charge is 0.407 e. The molecule has 0 aromatic heterocycles. The second-order valence-corrected chi connectivity index (χ2v) is 6.85. The second-order valence-electron chi connectivity index (χ2n) is 5.94. The van der Waals surface area contributed by atoms with E-state index in [-0.39, 0.29) is 6.09 Å². The normalized spacial score (nSPS) is 14.1. The van der Waals surface area contributed by atoms with Crippen molar-refractivity contribution in [2.45, 2.75) is 32.8 Å². The van der Waals surface area contributed by atoms with Gasteiger partial charge in [0.25, 0.3) is 0 Å². The van der Waals surface area contributed by atoms with Crippen LogP contribution in [0.5, 0.6) is 0 Å². The van der Waals surface area contributed by atoms with Gasteiger partial charge < -0.3 is 15.0 Å². The van der Waals surface area contributed by atoms with E-state index >= 15 is 0 Å². The van der Waals surface area contributed by atoms with E-state index < -0.39 is 5.60 Å².